The normalized spacial score (nSPS) is 11.4. The molecule has 3 aromatic rings. The number of hydrogen-bond acceptors (Lipinski definition) is 4. The molecule has 0 unspecified atom stereocenters. The lowest BCUT2D eigenvalue weighted by Gasteiger charge is -2.22. The minimum atomic E-state index is -3.96. The number of nitrogens with zero attached hydrogens (tertiary/aromatic N) is 2. The topological polar surface area (TPSA) is 50.3 Å². The van der Waals surface area contributed by atoms with Crippen molar-refractivity contribution in [2.45, 2.75) is 11.4 Å². The molecule has 0 saturated heterocycles. The van der Waals surface area contributed by atoms with Crippen molar-refractivity contribution in [2.24, 2.45) is 0 Å². The van der Waals surface area contributed by atoms with Crippen LogP contribution in [0.1, 0.15) is 5.56 Å². The second-order valence-corrected chi connectivity index (χ2v) is 7.59. The van der Waals surface area contributed by atoms with Crippen LogP contribution in [0.4, 0.5) is 13.9 Å². The van der Waals surface area contributed by atoms with Crippen molar-refractivity contribution in [3.63, 3.8) is 0 Å². The fraction of sp³-hybridized carbons (Fsp3) is 0.0625. The average molecular weight is 366 g/mol. The third kappa shape index (κ3) is 3.15. The van der Waals surface area contributed by atoms with Gasteiger partial charge in [0.15, 0.2) is 16.8 Å². The highest BCUT2D eigenvalue weighted by molar-refractivity contribution is 7.93. The zero-order chi connectivity index (χ0) is 17.2. The van der Waals surface area contributed by atoms with Crippen LogP contribution in [0.3, 0.4) is 0 Å². The number of anilines is 1. The molecule has 24 heavy (non-hydrogen) atoms. The van der Waals surface area contributed by atoms with Gasteiger partial charge in [-0.15, -0.1) is 11.3 Å². The standard InChI is InChI=1S/C16H12F2N2O2S2/c17-14-8-4-5-12(15(14)18)11-20(16-19-9-10-23-16)24(21,22)13-6-2-1-3-7-13/h1-10H,11H2. The zero-order valence-electron chi connectivity index (χ0n) is 12.3. The lowest BCUT2D eigenvalue weighted by atomic mass is 10.2. The molecule has 1 heterocycles. The smallest absolute Gasteiger partial charge is 0.236 e. The maximum atomic E-state index is 14.0. The van der Waals surface area contributed by atoms with Gasteiger partial charge in [0.25, 0.3) is 10.0 Å². The molecular formula is C16H12F2N2O2S2. The fourth-order valence-corrected chi connectivity index (χ4v) is 4.43. The lowest BCUT2D eigenvalue weighted by Crippen LogP contribution is -2.31. The summed E-state index contributed by atoms with van der Waals surface area (Å²) >= 11 is 1.10. The molecule has 0 atom stereocenters. The fourth-order valence-electron chi connectivity index (χ4n) is 2.14. The first-order valence-corrected chi connectivity index (χ1v) is 9.22. The summed E-state index contributed by atoms with van der Waals surface area (Å²) in [5.74, 6) is -2.09. The van der Waals surface area contributed by atoms with Crippen molar-refractivity contribution in [3.05, 3.63) is 77.3 Å². The number of aromatic nitrogens is 1. The van der Waals surface area contributed by atoms with Crippen LogP contribution in [0.25, 0.3) is 0 Å². The number of benzene rings is 2. The van der Waals surface area contributed by atoms with E-state index < -0.39 is 21.7 Å². The minimum Gasteiger partial charge on any atom is -0.236 e. The quantitative estimate of drug-likeness (QED) is 0.690. The highest BCUT2D eigenvalue weighted by Gasteiger charge is 2.28. The Bertz CT molecular complexity index is 930. The van der Waals surface area contributed by atoms with Crippen molar-refractivity contribution >= 4 is 26.5 Å². The molecule has 4 nitrogen and oxygen atoms in total. The van der Waals surface area contributed by atoms with Crippen LogP contribution < -0.4 is 4.31 Å². The molecule has 0 amide bonds. The maximum Gasteiger partial charge on any atom is 0.266 e. The monoisotopic (exact) mass is 366 g/mol. The first kappa shape index (κ1) is 16.5. The average Bonchev–Trinajstić information content (AvgIpc) is 3.11. The predicted molar refractivity (Wildman–Crippen MR) is 88.3 cm³/mol. The second kappa shape index (κ2) is 6.66. The number of halogens is 2. The number of sulfonamides is 1. The molecule has 0 radical (unpaired) electrons. The van der Waals surface area contributed by atoms with Crippen LogP contribution in [0.5, 0.6) is 0 Å². The Hall–Kier alpha value is -2.32. The molecule has 8 heteroatoms. The summed E-state index contributed by atoms with van der Waals surface area (Å²) in [6.07, 6.45) is 1.45. The number of rotatable bonds is 5. The summed E-state index contributed by atoms with van der Waals surface area (Å²) in [4.78, 5) is 4.06. The van der Waals surface area contributed by atoms with Gasteiger partial charge in [-0.05, 0) is 18.2 Å². The largest absolute Gasteiger partial charge is 0.266 e. The molecule has 124 valence electrons. The van der Waals surface area contributed by atoms with Crippen molar-refractivity contribution < 1.29 is 17.2 Å². The van der Waals surface area contributed by atoms with Crippen LogP contribution >= 0.6 is 11.3 Å². The van der Waals surface area contributed by atoms with Gasteiger partial charge in [0.2, 0.25) is 0 Å². The molecule has 0 N–H and O–H groups in total. The molecule has 0 bridgehead atoms. The molecule has 2 aromatic carbocycles. The number of hydrogen-bond donors (Lipinski definition) is 0. The second-order valence-electron chi connectivity index (χ2n) is 4.85. The first-order valence-electron chi connectivity index (χ1n) is 6.90. The van der Waals surface area contributed by atoms with Gasteiger partial charge in [-0.2, -0.15) is 0 Å². The Labute approximate surface area is 142 Å². The van der Waals surface area contributed by atoms with E-state index >= 15 is 0 Å². The van der Waals surface area contributed by atoms with Crippen LogP contribution in [0.15, 0.2) is 65.0 Å². The van der Waals surface area contributed by atoms with E-state index in [1.165, 1.54) is 30.5 Å². The van der Waals surface area contributed by atoms with Crippen LogP contribution in [-0.4, -0.2) is 13.4 Å². The Morgan fingerprint density at radius 3 is 2.46 bits per heavy atom. The van der Waals surface area contributed by atoms with Gasteiger partial charge in [-0.25, -0.2) is 26.5 Å². The van der Waals surface area contributed by atoms with E-state index in [1.807, 2.05) is 0 Å². The zero-order valence-corrected chi connectivity index (χ0v) is 13.9. The van der Waals surface area contributed by atoms with E-state index in [4.69, 9.17) is 0 Å². The van der Waals surface area contributed by atoms with Gasteiger partial charge in [-0.1, -0.05) is 30.3 Å². The summed E-state index contributed by atoms with van der Waals surface area (Å²) in [5.41, 5.74) is -0.0651. The van der Waals surface area contributed by atoms with Crippen LogP contribution in [0.2, 0.25) is 0 Å². The SMILES string of the molecule is O=S(=O)(c1ccccc1)N(Cc1cccc(F)c1F)c1nccs1. The molecule has 0 spiro atoms. The van der Waals surface area contributed by atoms with Gasteiger partial charge < -0.3 is 0 Å². The van der Waals surface area contributed by atoms with E-state index in [1.54, 1.807) is 23.6 Å². The van der Waals surface area contributed by atoms with Crippen molar-refractivity contribution in [1.82, 2.24) is 4.98 Å². The summed E-state index contributed by atoms with van der Waals surface area (Å²) in [7, 11) is -3.96. The lowest BCUT2D eigenvalue weighted by molar-refractivity contribution is 0.498. The summed E-state index contributed by atoms with van der Waals surface area (Å²) in [5, 5.41) is 1.80. The molecule has 3 rings (SSSR count). The molecule has 0 aliphatic carbocycles. The molecule has 0 aliphatic rings. The molecule has 0 aliphatic heterocycles. The summed E-state index contributed by atoms with van der Waals surface area (Å²) in [6.45, 7) is -0.353. The molecule has 0 fully saturated rings. The Balaban J connectivity index is 2.07. The molecule has 0 saturated carbocycles. The van der Waals surface area contributed by atoms with E-state index in [0.29, 0.717) is 0 Å². The van der Waals surface area contributed by atoms with E-state index in [9.17, 15) is 17.2 Å². The third-order valence-corrected chi connectivity index (χ3v) is 5.97. The van der Waals surface area contributed by atoms with Crippen LogP contribution in [0, 0.1) is 11.6 Å². The van der Waals surface area contributed by atoms with Crippen molar-refractivity contribution in [3.8, 4) is 0 Å². The Kier molecular flexibility index (Phi) is 4.59. The highest BCUT2D eigenvalue weighted by atomic mass is 32.2. The van der Waals surface area contributed by atoms with E-state index in [2.05, 4.69) is 4.98 Å². The van der Waals surface area contributed by atoms with Gasteiger partial charge in [-0.3, -0.25) is 0 Å². The van der Waals surface area contributed by atoms with Crippen molar-refractivity contribution in [2.75, 3.05) is 4.31 Å². The Morgan fingerprint density at radius 2 is 1.79 bits per heavy atom. The predicted octanol–water partition coefficient (Wildman–Crippen LogP) is 3.82. The van der Waals surface area contributed by atoms with E-state index in [-0.39, 0.29) is 22.1 Å². The van der Waals surface area contributed by atoms with Gasteiger partial charge >= 0.3 is 0 Å². The minimum absolute atomic E-state index is 0.0528. The summed E-state index contributed by atoms with van der Waals surface area (Å²) < 4.78 is 54.2. The molecule has 1 aromatic heterocycles. The van der Waals surface area contributed by atoms with Gasteiger partial charge in [0, 0.05) is 17.1 Å². The number of thiazole rings is 1. The van der Waals surface area contributed by atoms with Crippen molar-refractivity contribution in [1.29, 1.82) is 0 Å². The first-order chi connectivity index (χ1) is 11.5. The summed E-state index contributed by atoms with van der Waals surface area (Å²) in [6, 6.07) is 11.4. The highest BCUT2D eigenvalue weighted by Crippen LogP contribution is 2.28. The maximum absolute atomic E-state index is 14.0. The third-order valence-electron chi connectivity index (χ3n) is 3.31. The van der Waals surface area contributed by atoms with E-state index in [0.717, 1.165) is 21.7 Å². The molecular weight excluding hydrogens is 354 g/mol. The van der Waals surface area contributed by atoms with Gasteiger partial charge in [0.1, 0.15) is 0 Å². The van der Waals surface area contributed by atoms with Crippen LogP contribution in [-0.2, 0) is 16.6 Å². The van der Waals surface area contributed by atoms with Gasteiger partial charge in [0.05, 0.1) is 11.4 Å². The Morgan fingerprint density at radius 1 is 1.04 bits per heavy atom.